The van der Waals surface area contributed by atoms with Crippen LogP contribution in [0.5, 0.6) is 0 Å². The molecule has 9 nitrogen and oxygen atoms in total. The molecule has 2 aromatic carbocycles. The molecule has 0 aliphatic carbocycles. The van der Waals surface area contributed by atoms with Crippen LogP contribution in [0, 0.1) is 5.92 Å². The number of piperazine rings is 1. The Morgan fingerprint density at radius 1 is 1.00 bits per heavy atom. The maximum atomic E-state index is 13.3. The summed E-state index contributed by atoms with van der Waals surface area (Å²) >= 11 is 0. The van der Waals surface area contributed by atoms with Crippen LogP contribution in [0.1, 0.15) is 18.4 Å². The summed E-state index contributed by atoms with van der Waals surface area (Å²) in [6.45, 7) is 1.82. The molecule has 3 heterocycles. The lowest BCUT2D eigenvalue weighted by molar-refractivity contribution is -0.137. The summed E-state index contributed by atoms with van der Waals surface area (Å²) in [5.41, 5.74) is 0.235. The predicted octanol–water partition coefficient (Wildman–Crippen LogP) is 2.99. The molecule has 192 valence electrons. The first-order valence-electron chi connectivity index (χ1n) is 11.6. The van der Waals surface area contributed by atoms with Gasteiger partial charge in [0.2, 0.25) is 15.9 Å². The fraction of sp³-hybridized carbons (Fsp3) is 0.435. The number of amides is 1. The lowest BCUT2D eigenvalue weighted by atomic mass is 9.97. The Morgan fingerprint density at radius 2 is 1.75 bits per heavy atom. The third-order valence-corrected chi connectivity index (χ3v) is 8.63. The van der Waals surface area contributed by atoms with Crippen LogP contribution in [0.3, 0.4) is 0 Å². The number of hydrogen-bond donors (Lipinski definition) is 0. The molecule has 0 spiro atoms. The average Bonchev–Trinajstić information content (AvgIpc) is 3.37. The van der Waals surface area contributed by atoms with E-state index in [0.717, 1.165) is 12.1 Å². The average molecular weight is 524 g/mol. The monoisotopic (exact) mass is 523 g/mol. The number of rotatable bonds is 4. The van der Waals surface area contributed by atoms with Gasteiger partial charge in [0, 0.05) is 45.0 Å². The van der Waals surface area contributed by atoms with Gasteiger partial charge in [-0.25, -0.2) is 13.0 Å². The molecule has 3 aromatic rings. The zero-order valence-corrected chi connectivity index (χ0v) is 20.0. The van der Waals surface area contributed by atoms with Crippen LogP contribution in [0.15, 0.2) is 52.0 Å². The molecule has 1 aromatic heterocycles. The number of sulfonamides is 1. The highest BCUT2D eigenvalue weighted by Crippen LogP contribution is 2.32. The molecule has 0 radical (unpaired) electrons. The minimum Gasteiger partial charge on any atom is -0.368 e. The van der Waals surface area contributed by atoms with E-state index in [9.17, 15) is 26.4 Å². The highest BCUT2D eigenvalue weighted by molar-refractivity contribution is 7.89. The van der Waals surface area contributed by atoms with Gasteiger partial charge in [0.15, 0.2) is 5.52 Å². The first kappa shape index (κ1) is 24.5. The van der Waals surface area contributed by atoms with Crippen molar-refractivity contribution in [3.05, 3.63) is 48.0 Å². The molecule has 2 saturated heterocycles. The van der Waals surface area contributed by atoms with E-state index in [4.69, 9.17) is 0 Å². The van der Waals surface area contributed by atoms with Crippen molar-refractivity contribution in [1.82, 2.24) is 19.5 Å². The van der Waals surface area contributed by atoms with Crippen LogP contribution >= 0.6 is 0 Å². The number of alkyl halides is 3. The number of hydrogen-bond acceptors (Lipinski definition) is 7. The number of benzene rings is 2. The van der Waals surface area contributed by atoms with Gasteiger partial charge in [-0.2, -0.15) is 17.5 Å². The van der Waals surface area contributed by atoms with Crippen molar-refractivity contribution in [1.29, 1.82) is 0 Å². The second kappa shape index (κ2) is 9.36. The van der Waals surface area contributed by atoms with Crippen LogP contribution in [0.4, 0.5) is 18.9 Å². The van der Waals surface area contributed by atoms with Crippen molar-refractivity contribution in [2.75, 3.05) is 44.2 Å². The molecule has 13 heteroatoms. The van der Waals surface area contributed by atoms with Crippen LogP contribution in [-0.4, -0.2) is 73.1 Å². The number of nitrogens with zero attached hydrogens (tertiary/aromatic N) is 5. The number of carbonyl (C=O) groups is 1. The van der Waals surface area contributed by atoms with Gasteiger partial charge in [-0.3, -0.25) is 4.79 Å². The zero-order chi connectivity index (χ0) is 25.5. The molecule has 5 rings (SSSR count). The van der Waals surface area contributed by atoms with Gasteiger partial charge < -0.3 is 9.80 Å². The summed E-state index contributed by atoms with van der Waals surface area (Å²) in [5.74, 6) is -0.636. The van der Waals surface area contributed by atoms with Crippen LogP contribution < -0.4 is 4.90 Å². The van der Waals surface area contributed by atoms with E-state index in [1.807, 2.05) is 4.90 Å². The molecule has 2 fully saturated rings. The van der Waals surface area contributed by atoms with E-state index < -0.39 is 27.7 Å². The van der Waals surface area contributed by atoms with Crippen LogP contribution in [0.25, 0.3) is 11.0 Å². The highest BCUT2D eigenvalue weighted by atomic mass is 32.2. The quantitative estimate of drug-likeness (QED) is 0.518. The predicted molar refractivity (Wildman–Crippen MR) is 124 cm³/mol. The van der Waals surface area contributed by atoms with Gasteiger partial charge in [0.25, 0.3) is 0 Å². The molecule has 2 aliphatic heterocycles. The SMILES string of the molecule is O=C([C@H]1CCCN(S(=O)(=O)c2cccc3nonc23)C1)N1CCN(c2cccc(C(F)(F)F)c2)CC1. The standard InChI is InChI=1S/C23H24F3N5O4S/c24-23(25,26)17-5-1-6-18(14-17)29-10-12-30(13-11-29)22(32)16-4-3-9-31(15-16)36(33,34)20-8-2-7-19-21(20)28-35-27-19/h1-2,5-8,14,16H,3-4,9-13,15H2/t16-/m0/s1. The summed E-state index contributed by atoms with van der Waals surface area (Å²) in [4.78, 5) is 16.7. The minimum atomic E-state index is -4.42. The normalized spacial score (nSPS) is 20.1. The number of anilines is 1. The molecular weight excluding hydrogens is 499 g/mol. The molecule has 0 N–H and O–H groups in total. The fourth-order valence-corrected chi connectivity index (χ4v) is 6.47. The van der Waals surface area contributed by atoms with E-state index >= 15 is 0 Å². The smallest absolute Gasteiger partial charge is 0.368 e. The second-order valence-electron chi connectivity index (χ2n) is 8.95. The first-order valence-corrected chi connectivity index (χ1v) is 13.0. The number of aromatic nitrogens is 2. The number of carbonyl (C=O) groups excluding carboxylic acids is 1. The lowest BCUT2D eigenvalue weighted by Gasteiger charge is -2.39. The largest absolute Gasteiger partial charge is 0.416 e. The van der Waals surface area contributed by atoms with Crippen molar-refractivity contribution < 1.29 is 31.0 Å². The van der Waals surface area contributed by atoms with Crippen LogP contribution in [0.2, 0.25) is 0 Å². The Bertz CT molecular complexity index is 1370. The van der Waals surface area contributed by atoms with E-state index in [1.165, 1.54) is 16.4 Å². The maximum absolute atomic E-state index is 13.3. The molecule has 0 saturated carbocycles. The summed E-state index contributed by atoms with van der Waals surface area (Å²) in [5, 5.41) is 7.42. The molecule has 1 amide bonds. The molecule has 36 heavy (non-hydrogen) atoms. The lowest BCUT2D eigenvalue weighted by Crippen LogP contribution is -2.53. The van der Waals surface area contributed by atoms with Crippen molar-refractivity contribution in [3.8, 4) is 0 Å². The summed E-state index contributed by atoms with van der Waals surface area (Å²) in [6.07, 6.45) is -3.32. The maximum Gasteiger partial charge on any atom is 0.416 e. The van der Waals surface area contributed by atoms with Crippen molar-refractivity contribution in [3.63, 3.8) is 0 Å². The molecule has 2 aliphatic rings. The second-order valence-corrected chi connectivity index (χ2v) is 10.9. The third kappa shape index (κ3) is 4.64. The van der Waals surface area contributed by atoms with Gasteiger partial charge >= 0.3 is 6.18 Å². The highest BCUT2D eigenvalue weighted by Gasteiger charge is 2.37. The third-order valence-electron chi connectivity index (χ3n) is 6.73. The van der Waals surface area contributed by atoms with E-state index in [1.54, 1.807) is 23.1 Å². The Balaban J connectivity index is 1.25. The van der Waals surface area contributed by atoms with Gasteiger partial charge in [-0.05, 0) is 53.5 Å². The van der Waals surface area contributed by atoms with Gasteiger partial charge in [-0.1, -0.05) is 12.1 Å². The number of piperidine rings is 1. The van der Waals surface area contributed by atoms with E-state index in [2.05, 4.69) is 14.9 Å². The molecular formula is C23H24F3N5O4S. The van der Waals surface area contributed by atoms with Crippen molar-refractivity contribution >= 4 is 32.7 Å². The molecule has 0 bridgehead atoms. The summed E-state index contributed by atoms with van der Waals surface area (Å²) in [7, 11) is -3.92. The van der Waals surface area contributed by atoms with Gasteiger partial charge in [-0.15, -0.1) is 0 Å². The molecule has 1 atom stereocenters. The Kier molecular flexibility index (Phi) is 6.37. The van der Waals surface area contributed by atoms with Crippen molar-refractivity contribution in [2.24, 2.45) is 5.92 Å². The van der Waals surface area contributed by atoms with E-state index in [0.29, 0.717) is 50.2 Å². The first-order chi connectivity index (χ1) is 17.1. The van der Waals surface area contributed by atoms with Gasteiger partial charge in [0.05, 0.1) is 11.5 Å². The molecule has 0 unspecified atom stereocenters. The van der Waals surface area contributed by atoms with E-state index in [-0.39, 0.29) is 29.4 Å². The Hall–Kier alpha value is -3.19. The number of halogens is 3. The fourth-order valence-electron chi connectivity index (χ4n) is 4.81. The summed E-state index contributed by atoms with van der Waals surface area (Å²) < 4.78 is 71.9. The van der Waals surface area contributed by atoms with Crippen molar-refractivity contribution in [2.45, 2.75) is 23.9 Å². The topological polar surface area (TPSA) is 99.8 Å². The number of fused-ring (bicyclic) bond motifs is 1. The zero-order valence-electron chi connectivity index (χ0n) is 19.2. The van der Waals surface area contributed by atoms with Gasteiger partial charge in [0.1, 0.15) is 10.4 Å². The Morgan fingerprint density at radius 3 is 2.50 bits per heavy atom. The Labute approximate surface area is 205 Å². The summed E-state index contributed by atoms with van der Waals surface area (Å²) in [6, 6.07) is 9.77. The van der Waals surface area contributed by atoms with Crippen LogP contribution in [-0.2, 0) is 21.0 Å². The minimum absolute atomic E-state index is 0.0101.